The zero-order valence-corrected chi connectivity index (χ0v) is 12.9. The molecule has 3 rings (SSSR count). The number of carbonyl (C=O) groups is 2. The van der Waals surface area contributed by atoms with E-state index in [1.54, 1.807) is 35.3 Å². The van der Waals surface area contributed by atoms with Crippen LogP contribution in [-0.4, -0.2) is 24.8 Å². The fraction of sp³-hybridized carbons (Fsp3) is 0.158. The Morgan fingerprint density at radius 1 is 1.13 bits per heavy atom. The van der Waals surface area contributed by atoms with E-state index in [2.05, 4.69) is 0 Å². The number of nitrogens with zero attached hydrogens (tertiary/aromatic N) is 1. The van der Waals surface area contributed by atoms with Crippen LogP contribution in [0, 0.1) is 0 Å². The van der Waals surface area contributed by atoms with E-state index in [4.69, 9.17) is 4.74 Å². The van der Waals surface area contributed by atoms with Crippen molar-refractivity contribution in [3.8, 4) is 5.75 Å². The van der Waals surface area contributed by atoms with Crippen LogP contribution in [0.5, 0.6) is 5.75 Å². The Balaban J connectivity index is 1.87. The van der Waals surface area contributed by atoms with Crippen molar-refractivity contribution in [2.24, 2.45) is 0 Å². The van der Waals surface area contributed by atoms with Gasteiger partial charge in [0.1, 0.15) is 12.4 Å². The minimum absolute atomic E-state index is 0.0365. The molecule has 0 atom stereocenters. The molecule has 0 radical (unpaired) electrons. The van der Waals surface area contributed by atoms with Crippen LogP contribution in [0.1, 0.15) is 22.8 Å². The molecular weight excluding hydrogens is 290 g/mol. The van der Waals surface area contributed by atoms with Crippen LogP contribution in [0.4, 0.5) is 5.69 Å². The maximum absolute atomic E-state index is 12.5. The number of ketones is 1. The maximum atomic E-state index is 12.5. The van der Waals surface area contributed by atoms with Gasteiger partial charge in [-0.1, -0.05) is 30.3 Å². The molecule has 1 aliphatic rings. The van der Waals surface area contributed by atoms with Crippen LogP contribution < -0.4 is 9.64 Å². The van der Waals surface area contributed by atoms with Gasteiger partial charge in [0.2, 0.25) is 0 Å². The van der Waals surface area contributed by atoms with Gasteiger partial charge in [-0.3, -0.25) is 9.59 Å². The first-order valence-corrected chi connectivity index (χ1v) is 7.47. The van der Waals surface area contributed by atoms with Crippen LogP contribution in [0.15, 0.2) is 54.6 Å². The minimum atomic E-state index is -0.126. The summed E-state index contributed by atoms with van der Waals surface area (Å²) in [6.07, 6.45) is 3.33. The summed E-state index contributed by atoms with van der Waals surface area (Å²) in [6.45, 7) is 2.41. The molecule has 1 heterocycles. The van der Waals surface area contributed by atoms with E-state index in [0.717, 1.165) is 5.56 Å². The number of amides is 1. The molecular formula is C19H17NO3. The molecule has 23 heavy (non-hydrogen) atoms. The smallest absolute Gasteiger partial charge is 0.251 e. The lowest BCUT2D eigenvalue weighted by molar-refractivity contribution is -0.114. The van der Waals surface area contributed by atoms with Crippen molar-refractivity contribution in [1.29, 1.82) is 0 Å². The molecule has 116 valence electrons. The van der Waals surface area contributed by atoms with Crippen molar-refractivity contribution >= 4 is 23.5 Å². The van der Waals surface area contributed by atoms with E-state index in [9.17, 15) is 9.59 Å². The third-order valence-electron chi connectivity index (χ3n) is 3.71. The first-order chi connectivity index (χ1) is 11.1. The van der Waals surface area contributed by atoms with Gasteiger partial charge in [0.05, 0.1) is 12.2 Å². The number of Topliss-reactive ketones (excluding diaryl/α,β-unsaturated/α-hetero) is 1. The van der Waals surface area contributed by atoms with Crippen LogP contribution in [0.2, 0.25) is 0 Å². The summed E-state index contributed by atoms with van der Waals surface area (Å²) in [5.41, 5.74) is 2.18. The Morgan fingerprint density at radius 3 is 2.65 bits per heavy atom. The van der Waals surface area contributed by atoms with Crippen LogP contribution in [0.25, 0.3) is 6.08 Å². The van der Waals surface area contributed by atoms with Gasteiger partial charge in [0.25, 0.3) is 5.91 Å². The van der Waals surface area contributed by atoms with Crippen molar-refractivity contribution in [3.63, 3.8) is 0 Å². The average Bonchev–Trinajstić information content (AvgIpc) is 2.59. The number of carbonyl (C=O) groups excluding carboxylic acids is 2. The molecule has 0 spiro atoms. The number of hydrogen-bond acceptors (Lipinski definition) is 3. The number of ether oxygens (including phenoxy) is 1. The molecule has 2 aromatic carbocycles. The zero-order chi connectivity index (χ0) is 16.2. The molecule has 0 saturated heterocycles. The molecule has 1 amide bonds. The number of rotatable bonds is 3. The highest BCUT2D eigenvalue weighted by Gasteiger charge is 2.23. The van der Waals surface area contributed by atoms with Crippen molar-refractivity contribution in [2.75, 3.05) is 18.1 Å². The topological polar surface area (TPSA) is 46.6 Å². The lowest BCUT2D eigenvalue weighted by Gasteiger charge is -2.29. The highest BCUT2D eigenvalue weighted by Crippen LogP contribution is 2.32. The van der Waals surface area contributed by atoms with E-state index in [-0.39, 0.29) is 11.7 Å². The zero-order valence-electron chi connectivity index (χ0n) is 12.9. The van der Waals surface area contributed by atoms with E-state index < -0.39 is 0 Å². The van der Waals surface area contributed by atoms with Crippen molar-refractivity contribution < 1.29 is 14.3 Å². The lowest BCUT2D eigenvalue weighted by atomic mass is 10.1. The average molecular weight is 307 g/mol. The molecule has 2 aromatic rings. The molecule has 0 N–H and O–H groups in total. The van der Waals surface area contributed by atoms with Gasteiger partial charge in [-0.15, -0.1) is 0 Å². The molecule has 0 saturated carbocycles. The van der Waals surface area contributed by atoms with Gasteiger partial charge in [0.15, 0.2) is 5.78 Å². The summed E-state index contributed by atoms with van der Waals surface area (Å²) >= 11 is 0. The van der Waals surface area contributed by atoms with Gasteiger partial charge in [-0.25, -0.2) is 0 Å². The second-order valence-corrected chi connectivity index (χ2v) is 5.32. The molecule has 4 heteroatoms. The molecule has 0 bridgehead atoms. The quantitative estimate of drug-likeness (QED) is 0.645. The van der Waals surface area contributed by atoms with Crippen LogP contribution in [-0.2, 0) is 4.79 Å². The summed E-state index contributed by atoms with van der Waals surface area (Å²) < 4.78 is 5.57. The van der Waals surface area contributed by atoms with Gasteiger partial charge < -0.3 is 9.64 Å². The van der Waals surface area contributed by atoms with Gasteiger partial charge in [-0.2, -0.15) is 0 Å². The molecule has 0 aromatic heterocycles. The first-order valence-electron chi connectivity index (χ1n) is 7.47. The highest BCUT2D eigenvalue weighted by atomic mass is 16.5. The fourth-order valence-corrected chi connectivity index (χ4v) is 2.49. The second-order valence-electron chi connectivity index (χ2n) is 5.32. The molecule has 1 aliphatic heterocycles. The molecule has 0 aliphatic carbocycles. The summed E-state index contributed by atoms with van der Waals surface area (Å²) in [7, 11) is 0. The van der Waals surface area contributed by atoms with Crippen molar-refractivity contribution in [1.82, 2.24) is 0 Å². The summed E-state index contributed by atoms with van der Waals surface area (Å²) in [5.74, 6) is 0.465. The standard InChI is InChI=1S/C19H17NO3/c1-14(21)16-8-9-18-17(13-16)20(11-12-23-18)19(22)10-7-15-5-3-2-4-6-15/h2-10,13H,11-12H2,1H3/b10-7+. The minimum Gasteiger partial charge on any atom is -0.490 e. The number of fused-ring (bicyclic) bond motifs is 1. The van der Waals surface area contributed by atoms with E-state index in [0.29, 0.717) is 30.2 Å². The Morgan fingerprint density at radius 2 is 1.91 bits per heavy atom. The number of benzene rings is 2. The van der Waals surface area contributed by atoms with Crippen LogP contribution in [0.3, 0.4) is 0 Å². The monoisotopic (exact) mass is 307 g/mol. The highest BCUT2D eigenvalue weighted by molar-refractivity contribution is 6.06. The first kappa shape index (κ1) is 15.0. The van der Waals surface area contributed by atoms with Gasteiger partial charge in [0, 0.05) is 11.6 Å². The Labute approximate surface area is 135 Å². The normalized spacial score (nSPS) is 13.5. The summed E-state index contributed by atoms with van der Waals surface area (Å²) in [6, 6.07) is 14.8. The van der Waals surface area contributed by atoms with Gasteiger partial charge >= 0.3 is 0 Å². The predicted molar refractivity (Wildman–Crippen MR) is 89.8 cm³/mol. The Kier molecular flexibility index (Phi) is 4.24. The Hall–Kier alpha value is -2.88. The SMILES string of the molecule is CC(=O)c1ccc2c(c1)N(C(=O)/C=C/c1ccccc1)CCO2. The van der Waals surface area contributed by atoms with E-state index in [1.807, 2.05) is 30.3 Å². The van der Waals surface area contributed by atoms with Crippen molar-refractivity contribution in [2.45, 2.75) is 6.92 Å². The lowest BCUT2D eigenvalue weighted by Crippen LogP contribution is -2.37. The molecule has 0 unspecified atom stereocenters. The predicted octanol–water partition coefficient (Wildman–Crippen LogP) is 3.33. The maximum Gasteiger partial charge on any atom is 0.251 e. The molecule has 4 nitrogen and oxygen atoms in total. The van der Waals surface area contributed by atoms with E-state index in [1.165, 1.54) is 6.92 Å². The second kappa shape index (κ2) is 6.48. The largest absolute Gasteiger partial charge is 0.490 e. The molecule has 0 fully saturated rings. The number of anilines is 1. The third-order valence-corrected chi connectivity index (χ3v) is 3.71. The van der Waals surface area contributed by atoms with E-state index >= 15 is 0 Å². The van der Waals surface area contributed by atoms with Gasteiger partial charge in [-0.05, 0) is 36.8 Å². The summed E-state index contributed by atoms with van der Waals surface area (Å²) in [4.78, 5) is 25.7. The Bertz CT molecular complexity index is 765. The van der Waals surface area contributed by atoms with Crippen LogP contribution >= 0.6 is 0 Å². The number of hydrogen-bond donors (Lipinski definition) is 0. The third kappa shape index (κ3) is 3.31. The fourth-order valence-electron chi connectivity index (χ4n) is 2.49. The van der Waals surface area contributed by atoms with Crippen molar-refractivity contribution in [3.05, 3.63) is 65.7 Å². The summed E-state index contributed by atoms with van der Waals surface area (Å²) in [5, 5.41) is 0.